The molecule has 0 aromatic carbocycles. The highest BCUT2D eigenvalue weighted by Crippen LogP contribution is 2.05. The van der Waals surface area contributed by atoms with Crippen molar-refractivity contribution in [3.63, 3.8) is 0 Å². The van der Waals surface area contributed by atoms with Crippen molar-refractivity contribution in [2.24, 2.45) is 5.73 Å². The van der Waals surface area contributed by atoms with Crippen LogP contribution in [0.4, 0.5) is 0 Å². The van der Waals surface area contributed by atoms with Crippen molar-refractivity contribution in [2.45, 2.75) is 6.92 Å². The van der Waals surface area contributed by atoms with Crippen LogP contribution in [0.5, 0.6) is 6.01 Å². The van der Waals surface area contributed by atoms with Gasteiger partial charge in [0.1, 0.15) is 11.5 Å². The molecule has 3 N–H and O–H groups in total. The molecular formula is C7H10N4O. The third-order valence-electron chi connectivity index (χ3n) is 1.29. The predicted octanol–water partition coefficient (Wildman–Crippen LogP) is 0.0777. The van der Waals surface area contributed by atoms with E-state index in [2.05, 4.69) is 9.97 Å². The average molecular weight is 166 g/mol. The number of hydrogen-bond acceptors (Lipinski definition) is 4. The summed E-state index contributed by atoms with van der Waals surface area (Å²) in [6, 6.07) is 1.87. The molecule has 0 fully saturated rings. The zero-order valence-electron chi connectivity index (χ0n) is 6.96. The number of nitrogen functional groups attached to an aromatic ring is 1. The van der Waals surface area contributed by atoms with E-state index in [1.165, 1.54) is 7.11 Å². The van der Waals surface area contributed by atoms with Crippen molar-refractivity contribution in [1.82, 2.24) is 9.97 Å². The molecule has 64 valence electrons. The fourth-order valence-corrected chi connectivity index (χ4v) is 0.771. The van der Waals surface area contributed by atoms with Crippen LogP contribution in [-0.4, -0.2) is 22.9 Å². The number of nitrogens with one attached hydrogen (secondary N) is 1. The first-order chi connectivity index (χ1) is 5.63. The predicted molar refractivity (Wildman–Crippen MR) is 44.3 cm³/mol. The number of aromatic nitrogens is 2. The second-order valence-electron chi connectivity index (χ2n) is 2.29. The molecule has 0 aliphatic rings. The molecule has 0 spiro atoms. The fourth-order valence-electron chi connectivity index (χ4n) is 0.771. The maximum atomic E-state index is 7.14. The van der Waals surface area contributed by atoms with Crippen molar-refractivity contribution in [1.29, 1.82) is 5.41 Å². The van der Waals surface area contributed by atoms with Crippen LogP contribution in [0.1, 0.15) is 11.4 Å². The molecule has 0 aliphatic heterocycles. The Hall–Kier alpha value is -1.65. The van der Waals surface area contributed by atoms with E-state index >= 15 is 0 Å². The first-order valence-corrected chi connectivity index (χ1v) is 3.37. The van der Waals surface area contributed by atoms with Gasteiger partial charge in [-0.1, -0.05) is 0 Å². The lowest BCUT2D eigenvalue weighted by molar-refractivity contribution is 0.378. The summed E-state index contributed by atoms with van der Waals surface area (Å²) >= 11 is 0. The van der Waals surface area contributed by atoms with Gasteiger partial charge < -0.3 is 10.5 Å². The Balaban J connectivity index is 3.15. The van der Waals surface area contributed by atoms with Gasteiger partial charge in [0, 0.05) is 5.69 Å². The molecule has 1 aromatic heterocycles. The van der Waals surface area contributed by atoms with E-state index in [4.69, 9.17) is 15.9 Å². The van der Waals surface area contributed by atoms with E-state index in [-0.39, 0.29) is 11.8 Å². The van der Waals surface area contributed by atoms with Gasteiger partial charge in [0.05, 0.1) is 7.11 Å². The summed E-state index contributed by atoms with van der Waals surface area (Å²) in [5.41, 5.74) is 6.36. The Bertz CT molecular complexity index is 310. The molecule has 0 radical (unpaired) electrons. The highest BCUT2D eigenvalue weighted by atomic mass is 16.5. The van der Waals surface area contributed by atoms with Crippen LogP contribution in [-0.2, 0) is 0 Å². The summed E-state index contributed by atoms with van der Waals surface area (Å²) in [6.45, 7) is 1.79. The molecule has 0 saturated heterocycles. The number of nitrogens with two attached hydrogens (primary N) is 1. The smallest absolute Gasteiger partial charge is 0.316 e. The SMILES string of the molecule is COc1nc(C)cc(C(=N)N)n1. The van der Waals surface area contributed by atoms with Crippen molar-refractivity contribution < 1.29 is 4.74 Å². The Labute approximate surface area is 70.1 Å². The molecule has 0 saturated carbocycles. The van der Waals surface area contributed by atoms with Gasteiger partial charge in [0.25, 0.3) is 0 Å². The number of methoxy groups -OCH3 is 1. The van der Waals surface area contributed by atoms with Crippen molar-refractivity contribution >= 4 is 5.84 Å². The van der Waals surface area contributed by atoms with E-state index in [1.54, 1.807) is 13.0 Å². The van der Waals surface area contributed by atoms with Crippen LogP contribution in [0.25, 0.3) is 0 Å². The summed E-state index contributed by atoms with van der Waals surface area (Å²) in [6.07, 6.45) is 0. The molecule has 1 heterocycles. The number of aryl methyl sites for hydroxylation is 1. The lowest BCUT2D eigenvalue weighted by Gasteiger charge is -2.01. The molecule has 12 heavy (non-hydrogen) atoms. The van der Waals surface area contributed by atoms with Gasteiger partial charge in [-0.15, -0.1) is 0 Å². The second kappa shape index (κ2) is 3.17. The van der Waals surface area contributed by atoms with Crippen LogP contribution >= 0.6 is 0 Å². The van der Waals surface area contributed by atoms with Crippen LogP contribution in [0.15, 0.2) is 6.07 Å². The minimum Gasteiger partial charge on any atom is -0.467 e. The summed E-state index contributed by atoms with van der Waals surface area (Å²) < 4.78 is 4.81. The Kier molecular flexibility index (Phi) is 2.23. The van der Waals surface area contributed by atoms with Crippen LogP contribution < -0.4 is 10.5 Å². The average Bonchev–Trinajstić information content (AvgIpc) is 2.03. The molecule has 5 heteroatoms. The molecule has 0 atom stereocenters. The van der Waals surface area contributed by atoms with E-state index in [0.717, 1.165) is 5.69 Å². The monoisotopic (exact) mass is 166 g/mol. The van der Waals surface area contributed by atoms with E-state index in [1.807, 2.05) is 0 Å². The minimum atomic E-state index is -0.0844. The van der Waals surface area contributed by atoms with Crippen LogP contribution in [0.2, 0.25) is 0 Å². The first kappa shape index (κ1) is 8.45. The normalized spacial score (nSPS) is 9.50. The van der Waals surface area contributed by atoms with E-state index in [0.29, 0.717) is 5.69 Å². The number of rotatable bonds is 2. The van der Waals surface area contributed by atoms with Gasteiger partial charge in [-0.3, -0.25) is 5.41 Å². The standard InChI is InChI=1S/C7H10N4O/c1-4-3-5(6(8)9)11-7(10-4)12-2/h3H,1-2H3,(H3,8,9). The highest BCUT2D eigenvalue weighted by Gasteiger charge is 2.03. The van der Waals surface area contributed by atoms with Gasteiger partial charge in [0.15, 0.2) is 0 Å². The molecule has 0 amide bonds. The maximum absolute atomic E-state index is 7.14. The van der Waals surface area contributed by atoms with Crippen molar-refractivity contribution in [3.8, 4) is 6.01 Å². The Morgan fingerprint density at radius 1 is 1.58 bits per heavy atom. The number of amidine groups is 1. The summed E-state index contributed by atoms with van der Waals surface area (Å²) in [5, 5.41) is 7.14. The second-order valence-corrected chi connectivity index (χ2v) is 2.29. The lowest BCUT2D eigenvalue weighted by Crippen LogP contribution is -2.14. The maximum Gasteiger partial charge on any atom is 0.316 e. The van der Waals surface area contributed by atoms with E-state index in [9.17, 15) is 0 Å². The van der Waals surface area contributed by atoms with Gasteiger partial charge in [0.2, 0.25) is 0 Å². The van der Waals surface area contributed by atoms with E-state index < -0.39 is 0 Å². The number of ether oxygens (including phenoxy) is 1. The van der Waals surface area contributed by atoms with Gasteiger partial charge in [-0.2, -0.15) is 4.98 Å². The zero-order valence-corrected chi connectivity index (χ0v) is 6.96. The summed E-state index contributed by atoms with van der Waals surface area (Å²) in [4.78, 5) is 7.82. The van der Waals surface area contributed by atoms with Crippen LogP contribution in [0.3, 0.4) is 0 Å². The summed E-state index contributed by atoms with van der Waals surface area (Å²) in [5.74, 6) is -0.0844. The van der Waals surface area contributed by atoms with Crippen molar-refractivity contribution in [2.75, 3.05) is 7.11 Å². The number of nitrogens with zero attached hydrogens (tertiary/aromatic N) is 2. The quantitative estimate of drug-likeness (QED) is 0.481. The van der Waals surface area contributed by atoms with Gasteiger partial charge in [-0.05, 0) is 13.0 Å². The summed E-state index contributed by atoms with van der Waals surface area (Å²) in [7, 11) is 1.47. The zero-order chi connectivity index (χ0) is 9.14. The molecule has 0 unspecified atom stereocenters. The molecule has 0 bridgehead atoms. The van der Waals surface area contributed by atoms with Crippen LogP contribution in [0, 0.1) is 12.3 Å². The number of hydrogen-bond donors (Lipinski definition) is 2. The van der Waals surface area contributed by atoms with Crippen molar-refractivity contribution in [3.05, 3.63) is 17.5 Å². The molecule has 1 aromatic rings. The molecule has 5 nitrogen and oxygen atoms in total. The topological polar surface area (TPSA) is 84.9 Å². The first-order valence-electron chi connectivity index (χ1n) is 3.37. The van der Waals surface area contributed by atoms with Gasteiger partial charge in [-0.25, -0.2) is 4.98 Å². The van der Waals surface area contributed by atoms with Gasteiger partial charge >= 0.3 is 6.01 Å². The fraction of sp³-hybridized carbons (Fsp3) is 0.286. The third-order valence-corrected chi connectivity index (χ3v) is 1.29. The Morgan fingerprint density at radius 3 is 2.75 bits per heavy atom. The lowest BCUT2D eigenvalue weighted by atomic mass is 10.3. The molecule has 1 rings (SSSR count). The Morgan fingerprint density at radius 2 is 2.25 bits per heavy atom. The largest absolute Gasteiger partial charge is 0.467 e. The third kappa shape index (κ3) is 1.69. The minimum absolute atomic E-state index is 0.0844. The highest BCUT2D eigenvalue weighted by molar-refractivity contribution is 5.93. The molecule has 0 aliphatic carbocycles. The molecular weight excluding hydrogens is 156 g/mol.